The molecule has 5 nitrogen and oxygen atoms in total. The van der Waals surface area contributed by atoms with Crippen molar-refractivity contribution < 1.29 is 4.79 Å². The molecular weight excluding hydrogens is 347 g/mol. The van der Waals surface area contributed by atoms with Gasteiger partial charge in [-0.2, -0.15) is 0 Å². The fourth-order valence-electron chi connectivity index (χ4n) is 3.31. The molecule has 1 saturated carbocycles. The van der Waals surface area contributed by atoms with Gasteiger partial charge in [-0.15, -0.1) is 0 Å². The van der Waals surface area contributed by atoms with Gasteiger partial charge in [0.25, 0.3) is 0 Å². The standard InChI is InChI=1S/C17H24Cl2N4O/c1-16(10-17(16,20)21)15(24)22-12-4-6-23(7-5-12)9-11-2-3-13(18)14(19)8-11/h2-3,8,12H,4-7,9-10,20-21H2,1H3,(H,22,24). The normalized spacial score (nSPS) is 27.0. The first-order valence-electron chi connectivity index (χ1n) is 8.26. The highest BCUT2D eigenvalue weighted by Crippen LogP contribution is 2.50. The van der Waals surface area contributed by atoms with Crippen LogP contribution in [0.2, 0.25) is 10.0 Å². The lowest BCUT2D eigenvalue weighted by Gasteiger charge is -2.33. The van der Waals surface area contributed by atoms with Crippen LogP contribution in [-0.4, -0.2) is 35.6 Å². The molecule has 1 amide bonds. The Morgan fingerprint density at radius 3 is 2.46 bits per heavy atom. The van der Waals surface area contributed by atoms with Gasteiger partial charge in [0.1, 0.15) is 0 Å². The molecule has 2 aliphatic rings. The van der Waals surface area contributed by atoms with Crippen molar-refractivity contribution in [2.24, 2.45) is 16.9 Å². The summed E-state index contributed by atoms with van der Waals surface area (Å²) < 4.78 is 0. The van der Waals surface area contributed by atoms with E-state index in [1.54, 1.807) is 0 Å². The second-order valence-electron chi connectivity index (χ2n) is 7.32. The molecule has 1 heterocycles. The second-order valence-corrected chi connectivity index (χ2v) is 8.14. The van der Waals surface area contributed by atoms with Crippen LogP contribution in [0, 0.1) is 5.41 Å². The predicted octanol–water partition coefficient (Wildman–Crippen LogP) is 2.10. The zero-order valence-electron chi connectivity index (χ0n) is 13.8. The molecule has 3 rings (SSSR count). The summed E-state index contributed by atoms with van der Waals surface area (Å²) in [6.07, 6.45) is 2.39. The predicted molar refractivity (Wildman–Crippen MR) is 96.7 cm³/mol. The maximum atomic E-state index is 12.3. The molecule has 1 saturated heterocycles. The number of nitrogens with zero attached hydrogens (tertiary/aromatic N) is 1. The molecule has 1 atom stereocenters. The van der Waals surface area contributed by atoms with Crippen molar-refractivity contribution in [3.05, 3.63) is 33.8 Å². The van der Waals surface area contributed by atoms with Gasteiger partial charge in [0.15, 0.2) is 0 Å². The highest BCUT2D eigenvalue weighted by molar-refractivity contribution is 6.42. The van der Waals surface area contributed by atoms with E-state index in [9.17, 15) is 4.79 Å². The lowest BCUT2D eigenvalue weighted by Crippen LogP contribution is -2.50. The molecule has 2 fully saturated rings. The highest BCUT2D eigenvalue weighted by Gasteiger charge is 2.65. The van der Waals surface area contributed by atoms with Crippen molar-refractivity contribution >= 4 is 29.1 Å². The summed E-state index contributed by atoms with van der Waals surface area (Å²) in [5.41, 5.74) is 11.4. The van der Waals surface area contributed by atoms with Crippen LogP contribution in [0.4, 0.5) is 0 Å². The van der Waals surface area contributed by atoms with E-state index in [2.05, 4.69) is 10.2 Å². The van der Waals surface area contributed by atoms with Gasteiger partial charge in [0.2, 0.25) is 5.91 Å². The minimum absolute atomic E-state index is 0.0181. The van der Waals surface area contributed by atoms with E-state index in [4.69, 9.17) is 34.7 Å². The van der Waals surface area contributed by atoms with Crippen LogP contribution in [0.15, 0.2) is 18.2 Å². The monoisotopic (exact) mass is 370 g/mol. The first kappa shape index (κ1) is 18.0. The van der Waals surface area contributed by atoms with Crippen LogP contribution in [0.5, 0.6) is 0 Å². The molecule has 132 valence electrons. The number of nitrogens with one attached hydrogen (secondary N) is 1. The van der Waals surface area contributed by atoms with Gasteiger partial charge in [0.05, 0.1) is 21.1 Å². The van der Waals surface area contributed by atoms with Gasteiger partial charge in [-0.25, -0.2) is 0 Å². The lowest BCUT2D eigenvalue weighted by molar-refractivity contribution is -0.127. The molecular formula is C17H24Cl2N4O. The fraction of sp³-hybridized carbons (Fsp3) is 0.588. The summed E-state index contributed by atoms with van der Waals surface area (Å²) >= 11 is 12.0. The van der Waals surface area contributed by atoms with Gasteiger partial charge in [-0.05, 0) is 43.9 Å². The van der Waals surface area contributed by atoms with E-state index in [1.807, 2.05) is 25.1 Å². The zero-order chi connectivity index (χ0) is 17.5. The number of benzene rings is 1. The minimum Gasteiger partial charge on any atom is -0.353 e. The molecule has 0 radical (unpaired) electrons. The molecule has 1 aromatic carbocycles. The quantitative estimate of drug-likeness (QED) is 0.708. The summed E-state index contributed by atoms with van der Waals surface area (Å²) in [7, 11) is 0. The van der Waals surface area contributed by atoms with Gasteiger partial charge < -0.3 is 16.8 Å². The van der Waals surface area contributed by atoms with E-state index >= 15 is 0 Å². The maximum absolute atomic E-state index is 12.3. The van der Waals surface area contributed by atoms with Gasteiger partial charge in [-0.1, -0.05) is 29.3 Å². The number of amides is 1. The molecule has 0 aromatic heterocycles. The topological polar surface area (TPSA) is 84.4 Å². The van der Waals surface area contributed by atoms with E-state index in [0.29, 0.717) is 16.5 Å². The SMILES string of the molecule is CC1(C(=O)NC2CCN(Cc3ccc(Cl)c(Cl)c3)CC2)CC1(N)N. The van der Waals surface area contributed by atoms with E-state index < -0.39 is 11.1 Å². The molecule has 7 heteroatoms. The third kappa shape index (κ3) is 3.55. The number of rotatable bonds is 4. The summed E-state index contributed by atoms with van der Waals surface area (Å²) in [5.74, 6) is -0.0181. The first-order chi connectivity index (χ1) is 11.2. The van der Waals surface area contributed by atoms with Gasteiger partial charge in [-0.3, -0.25) is 9.69 Å². The van der Waals surface area contributed by atoms with Crippen molar-refractivity contribution in [2.75, 3.05) is 13.1 Å². The Hall–Kier alpha value is -0.850. The summed E-state index contributed by atoms with van der Waals surface area (Å²) in [4.78, 5) is 14.7. The van der Waals surface area contributed by atoms with Crippen LogP contribution < -0.4 is 16.8 Å². The van der Waals surface area contributed by atoms with Crippen LogP contribution in [0.1, 0.15) is 31.7 Å². The molecule has 1 aromatic rings. The van der Waals surface area contributed by atoms with Crippen LogP contribution >= 0.6 is 23.2 Å². The van der Waals surface area contributed by atoms with Gasteiger partial charge in [0, 0.05) is 25.7 Å². The average Bonchev–Trinajstić information content (AvgIpc) is 3.05. The van der Waals surface area contributed by atoms with Gasteiger partial charge >= 0.3 is 0 Å². The van der Waals surface area contributed by atoms with Crippen LogP contribution in [0.3, 0.4) is 0 Å². The summed E-state index contributed by atoms with van der Waals surface area (Å²) in [6.45, 7) is 4.53. The number of halogens is 2. The number of carbonyl (C=O) groups is 1. The van der Waals surface area contributed by atoms with Crippen molar-refractivity contribution in [3.8, 4) is 0 Å². The number of carbonyl (C=O) groups excluding carboxylic acids is 1. The van der Waals surface area contributed by atoms with Crippen molar-refractivity contribution in [1.82, 2.24) is 10.2 Å². The first-order valence-corrected chi connectivity index (χ1v) is 9.02. The Bertz CT molecular complexity index is 643. The molecule has 1 aliphatic heterocycles. The molecule has 5 N–H and O–H groups in total. The molecule has 24 heavy (non-hydrogen) atoms. The minimum atomic E-state index is -0.856. The third-order valence-corrected chi connectivity index (χ3v) is 6.10. The fourth-order valence-corrected chi connectivity index (χ4v) is 3.63. The molecule has 1 unspecified atom stereocenters. The number of hydrogen-bond donors (Lipinski definition) is 3. The Labute approximate surface area is 152 Å². The summed E-state index contributed by atoms with van der Waals surface area (Å²) in [5, 5.41) is 4.27. The largest absolute Gasteiger partial charge is 0.353 e. The van der Waals surface area contributed by atoms with Crippen LogP contribution in [-0.2, 0) is 11.3 Å². The third-order valence-electron chi connectivity index (χ3n) is 5.36. The zero-order valence-corrected chi connectivity index (χ0v) is 15.3. The molecule has 0 bridgehead atoms. The lowest BCUT2D eigenvalue weighted by atomic mass is 10.0. The number of piperidine rings is 1. The molecule has 0 spiro atoms. The van der Waals surface area contributed by atoms with Crippen molar-refractivity contribution in [1.29, 1.82) is 0 Å². The van der Waals surface area contributed by atoms with Crippen molar-refractivity contribution in [3.63, 3.8) is 0 Å². The molecule has 1 aliphatic carbocycles. The number of hydrogen-bond acceptors (Lipinski definition) is 4. The van der Waals surface area contributed by atoms with E-state index in [-0.39, 0.29) is 11.9 Å². The second kappa shape index (κ2) is 6.46. The van der Waals surface area contributed by atoms with Crippen LogP contribution in [0.25, 0.3) is 0 Å². The Balaban J connectivity index is 1.47. The number of nitrogens with two attached hydrogens (primary N) is 2. The Morgan fingerprint density at radius 2 is 1.92 bits per heavy atom. The Morgan fingerprint density at radius 1 is 1.29 bits per heavy atom. The van der Waals surface area contributed by atoms with E-state index in [1.165, 1.54) is 0 Å². The smallest absolute Gasteiger partial charge is 0.229 e. The maximum Gasteiger partial charge on any atom is 0.229 e. The van der Waals surface area contributed by atoms with E-state index in [0.717, 1.165) is 38.0 Å². The Kier molecular flexibility index (Phi) is 4.84. The average molecular weight is 371 g/mol. The van der Waals surface area contributed by atoms with Crippen molar-refractivity contribution in [2.45, 2.75) is 44.4 Å². The highest BCUT2D eigenvalue weighted by atomic mass is 35.5. The number of likely N-dealkylation sites (tertiary alicyclic amines) is 1. The summed E-state index contributed by atoms with van der Waals surface area (Å²) in [6, 6.07) is 5.93.